The first-order valence-electron chi connectivity index (χ1n) is 4.96. The number of carbonyl (C=O) groups excluding carboxylic acids is 1. The molecule has 0 aromatic carbocycles. The van der Waals surface area contributed by atoms with Crippen molar-refractivity contribution in [2.75, 3.05) is 0 Å². The van der Waals surface area contributed by atoms with E-state index in [9.17, 15) is 4.79 Å². The highest BCUT2D eigenvalue weighted by atomic mass is 16.3. The van der Waals surface area contributed by atoms with Gasteiger partial charge in [0.15, 0.2) is 0 Å². The van der Waals surface area contributed by atoms with Crippen LogP contribution in [0.2, 0.25) is 0 Å². The van der Waals surface area contributed by atoms with E-state index < -0.39 is 0 Å². The normalized spacial score (nSPS) is 13.8. The minimum Gasteiger partial charge on any atom is -0.468 e. The zero-order valence-corrected chi connectivity index (χ0v) is 9.41. The highest BCUT2D eigenvalue weighted by Gasteiger charge is 2.29. The van der Waals surface area contributed by atoms with E-state index in [0.717, 1.165) is 5.76 Å². The van der Waals surface area contributed by atoms with Crippen LogP contribution in [0.15, 0.2) is 22.8 Å². The second-order valence-corrected chi connectivity index (χ2v) is 4.66. The summed E-state index contributed by atoms with van der Waals surface area (Å²) in [6.07, 6.45) is 1.60. The molecule has 4 nitrogen and oxygen atoms in total. The molecule has 84 valence electrons. The molecule has 0 saturated carbocycles. The van der Waals surface area contributed by atoms with Crippen LogP contribution in [0, 0.1) is 5.41 Å². The van der Waals surface area contributed by atoms with Gasteiger partial charge in [-0.05, 0) is 17.5 Å². The van der Waals surface area contributed by atoms with Crippen LogP contribution in [-0.2, 0) is 11.3 Å². The topological polar surface area (TPSA) is 68.3 Å². The summed E-state index contributed by atoms with van der Waals surface area (Å²) in [4.78, 5) is 11.2. The molecule has 1 atom stereocenters. The van der Waals surface area contributed by atoms with Crippen LogP contribution in [-0.4, -0.2) is 11.9 Å². The van der Waals surface area contributed by atoms with Crippen LogP contribution < -0.4 is 11.1 Å². The van der Waals surface area contributed by atoms with E-state index in [1.165, 1.54) is 0 Å². The van der Waals surface area contributed by atoms with Crippen LogP contribution in [0.3, 0.4) is 0 Å². The molecule has 0 radical (unpaired) electrons. The van der Waals surface area contributed by atoms with Gasteiger partial charge >= 0.3 is 0 Å². The number of carbonyl (C=O) groups is 1. The smallest absolute Gasteiger partial charge is 0.235 e. The first-order valence-corrected chi connectivity index (χ1v) is 4.96. The minimum atomic E-state index is -0.359. The summed E-state index contributed by atoms with van der Waals surface area (Å²) in [6.45, 7) is 6.42. The Morgan fingerprint density at radius 3 is 2.67 bits per heavy atom. The molecule has 0 aliphatic heterocycles. The van der Waals surface area contributed by atoms with Crippen LogP contribution in [0.25, 0.3) is 0 Å². The third-order valence-electron chi connectivity index (χ3n) is 2.21. The van der Waals surface area contributed by atoms with Crippen LogP contribution in [0.1, 0.15) is 26.5 Å². The SMILES string of the molecule is CC(C)(C)C(NCc1ccco1)C(N)=O. The lowest BCUT2D eigenvalue weighted by Gasteiger charge is -2.28. The summed E-state index contributed by atoms with van der Waals surface area (Å²) in [5, 5.41) is 3.09. The summed E-state index contributed by atoms with van der Waals surface area (Å²) >= 11 is 0. The molecule has 0 aliphatic carbocycles. The second kappa shape index (κ2) is 4.49. The second-order valence-electron chi connectivity index (χ2n) is 4.66. The van der Waals surface area contributed by atoms with Crippen LogP contribution in [0.4, 0.5) is 0 Å². The summed E-state index contributed by atoms with van der Waals surface area (Å²) in [7, 11) is 0. The Balaban J connectivity index is 2.57. The van der Waals surface area contributed by atoms with Gasteiger partial charge < -0.3 is 10.2 Å². The molecule has 0 bridgehead atoms. The van der Waals surface area contributed by atoms with E-state index in [1.54, 1.807) is 6.26 Å². The van der Waals surface area contributed by atoms with Gasteiger partial charge in [0.2, 0.25) is 5.91 Å². The van der Waals surface area contributed by atoms with Gasteiger partial charge in [0, 0.05) is 0 Å². The Kier molecular flexibility index (Phi) is 3.52. The summed E-state index contributed by atoms with van der Waals surface area (Å²) < 4.78 is 5.16. The van der Waals surface area contributed by atoms with Gasteiger partial charge in [0.05, 0.1) is 18.8 Å². The van der Waals surface area contributed by atoms with Crippen LogP contribution in [0.5, 0.6) is 0 Å². The molecule has 0 aliphatic rings. The molecule has 15 heavy (non-hydrogen) atoms. The molecule has 4 heteroatoms. The van der Waals surface area contributed by atoms with Crippen molar-refractivity contribution < 1.29 is 9.21 Å². The Bertz CT molecular complexity index is 312. The van der Waals surface area contributed by atoms with E-state index in [0.29, 0.717) is 6.54 Å². The molecular weight excluding hydrogens is 192 g/mol. The fourth-order valence-corrected chi connectivity index (χ4v) is 1.45. The van der Waals surface area contributed by atoms with Crippen molar-refractivity contribution in [1.29, 1.82) is 0 Å². The first-order chi connectivity index (χ1) is 6.91. The summed E-state index contributed by atoms with van der Waals surface area (Å²) in [5.41, 5.74) is 5.13. The average molecular weight is 210 g/mol. The molecule has 1 rings (SSSR count). The lowest BCUT2D eigenvalue weighted by Crippen LogP contribution is -2.49. The Morgan fingerprint density at radius 2 is 2.27 bits per heavy atom. The number of nitrogens with two attached hydrogens (primary N) is 1. The zero-order valence-electron chi connectivity index (χ0n) is 9.41. The van der Waals surface area contributed by atoms with Crippen molar-refractivity contribution in [3.8, 4) is 0 Å². The monoisotopic (exact) mass is 210 g/mol. The maximum atomic E-state index is 11.2. The molecule has 1 unspecified atom stereocenters. The molecule has 3 N–H and O–H groups in total. The van der Waals surface area contributed by atoms with Gasteiger partial charge in [-0.2, -0.15) is 0 Å². The highest BCUT2D eigenvalue weighted by molar-refractivity contribution is 5.80. The van der Waals surface area contributed by atoms with E-state index in [4.69, 9.17) is 10.2 Å². The third-order valence-corrected chi connectivity index (χ3v) is 2.21. The van der Waals surface area contributed by atoms with Gasteiger partial charge in [-0.3, -0.25) is 10.1 Å². The fourth-order valence-electron chi connectivity index (χ4n) is 1.45. The predicted molar refractivity (Wildman–Crippen MR) is 58.0 cm³/mol. The third kappa shape index (κ3) is 3.40. The molecule has 1 aromatic rings. The molecule has 1 aromatic heterocycles. The number of hydrogen-bond donors (Lipinski definition) is 2. The lowest BCUT2D eigenvalue weighted by atomic mass is 9.86. The van der Waals surface area contributed by atoms with Crippen molar-refractivity contribution in [2.24, 2.45) is 11.1 Å². The summed E-state index contributed by atoms with van der Waals surface area (Å²) in [5.74, 6) is 0.458. The minimum absolute atomic E-state index is 0.196. The number of hydrogen-bond acceptors (Lipinski definition) is 3. The van der Waals surface area contributed by atoms with Crippen molar-refractivity contribution in [3.05, 3.63) is 24.2 Å². The maximum absolute atomic E-state index is 11.2. The van der Waals surface area contributed by atoms with Crippen molar-refractivity contribution in [1.82, 2.24) is 5.32 Å². The maximum Gasteiger partial charge on any atom is 0.235 e. The molecular formula is C11H18N2O2. The molecule has 1 amide bonds. The van der Waals surface area contributed by atoms with Gasteiger partial charge in [-0.15, -0.1) is 0 Å². The highest BCUT2D eigenvalue weighted by Crippen LogP contribution is 2.19. The Hall–Kier alpha value is -1.29. The van der Waals surface area contributed by atoms with Crippen molar-refractivity contribution >= 4 is 5.91 Å². The fraction of sp³-hybridized carbons (Fsp3) is 0.545. The zero-order chi connectivity index (χ0) is 11.5. The number of amides is 1. The van der Waals surface area contributed by atoms with E-state index in [-0.39, 0.29) is 17.4 Å². The van der Waals surface area contributed by atoms with Gasteiger partial charge in [-0.1, -0.05) is 20.8 Å². The largest absolute Gasteiger partial charge is 0.468 e. The molecule has 0 fully saturated rings. The van der Waals surface area contributed by atoms with Gasteiger partial charge in [-0.25, -0.2) is 0 Å². The van der Waals surface area contributed by atoms with E-state index >= 15 is 0 Å². The lowest BCUT2D eigenvalue weighted by molar-refractivity contribution is -0.122. The number of primary amides is 1. The van der Waals surface area contributed by atoms with Crippen molar-refractivity contribution in [3.63, 3.8) is 0 Å². The molecule has 0 spiro atoms. The van der Waals surface area contributed by atoms with Crippen LogP contribution >= 0.6 is 0 Å². The first kappa shape index (κ1) is 11.8. The Labute approximate surface area is 89.8 Å². The van der Waals surface area contributed by atoms with E-state index in [2.05, 4.69) is 5.32 Å². The quantitative estimate of drug-likeness (QED) is 0.786. The number of rotatable bonds is 4. The van der Waals surface area contributed by atoms with E-state index in [1.807, 2.05) is 32.9 Å². The van der Waals surface area contributed by atoms with Crippen molar-refractivity contribution in [2.45, 2.75) is 33.4 Å². The number of nitrogens with one attached hydrogen (secondary N) is 1. The summed E-state index contributed by atoms with van der Waals surface area (Å²) in [6, 6.07) is 3.31. The molecule has 1 heterocycles. The standard InChI is InChI=1S/C11H18N2O2/c1-11(2,3)9(10(12)14)13-7-8-5-4-6-15-8/h4-6,9,13H,7H2,1-3H3,(H2,12,14). The van der Waals surface area contributed by atoms with Gasteiger partial charge in [0.1, 0.15) is 5.76 Å². The molecule has 0 saturated heterocycles. The predicted octanol–water partition coefficient (Wildman–Crippen LogP) is 1.27. The number of furan rings is 1. The average Bonchev–Trinajstić information content (AvgIpc) is 2.53. The van der Waals surface area contributed by atoms with Gasteiger partial charge in [0.25, 0.3) is 0 Å². The Morgan fingerprint density at radius 1 is 1.60 bits per heavy atom.